The molecule has 2 fully saturated rings. The summed E-state index contributed by atoms with van der Waals surface area (Å²) in [5.74, 6) is 1.76. The highest BCUT2D eigenvalue weighted by molar-refractivity contribution is 5.77. The average Bonchev–Trinajstić information content (AvgIpc) is 3.42. The van der Waals surface area contributed by atoms with Gasteiger partial charge in [0.2, 0.25) is 5.91 Å². The molecule has 2 aromatic rings. The number of tetrazole rings is 1. The number of nitrogens with zero attached hydrogens (tertiary/aromatic N) is 6. The number of hydrogen-bond acceptors (Lipinski definition) is 7. The van der Waals surface area contributed by atoms with Gasteiger partial charge in [0.05, 0.1) is 39.5 Å². The number of amides is 1. The Morgan fingerprint density at radius 3 is 2.97 bits per heavy atom. The van der Waals surface area contributed by atoms with Crippen molar-refractivity contribution < 1.29 is 14.3 Å². The summed E-state index contributed by atoms with van der Waals surface area (Å²) in [5, 5.41) is 12.0. The number of benzene rings is 1. The summed E-state index contributed by atoms with van der Waals surface area (Å²) in [7, 11) is 1.66. The smallest absolute Gasteiger partial charge is 0.224 e. The molecule has 9 heteroatoms. The fourth-order valence-electron chi connectivity index (χ4n) is 4.08. The van der Waals surface area contributed by atoms with E-state index in [4.69, 9.17) is 9.47 Å². The Kier molecular flexibility index (Phi) is 6.36. The van der Waals surface area contributed by atoms with Crippen molar-refractivity contribution in [2.24, 2.45) is 0 Å². The van der Waals surface area contributed by atoms with Gasteiger partial charge in [-0.25, -0.2) is 4.68 Å². The van der Waals surface area contributed by atoms with Crippen LogP contribution in [0.1, 0.15) is 36.7 Å². The molecule has 2 aliphatic rings. The summed E-state index contributed by atoms with van der Waals surface area (Å²) in [6, 6.07) is 8.12. The molecule has 0 aliphatic carbocycles. The molecule has 2 saturated heterocycles. The Hall–Kier alpha value is -2.52. The van der Waals surface area contributed by atoms with Gasteiger partial charge in [0.1, 0.15) is 5.75 Å². The van der Waals surface area contributed by atoms with Crippen molar-refractivity contribution in [2.45, 2.75) is 38.4 Å². The maximum absolute atomic E-state index is 13.0. The molecule has 4 rings (SSSR count). The summed E-state index contributed by atoms with van der Waals surface area (Å²) in [5.41, 5.74) is 1.13. The summed E-state index contributed by atoms with van der Waals surface area (Å²) in [6.07, 6.45) is 2.38. The van der Waals surface area contributed by atoms with Crippen LogP contribution in [0.15, 0.2) is 24.3 Å². The molecular weight excluding hydrogens is 372 g/mol. The minimum Gasteiger partial charge on any atom is -0.497 e. The maximum atomic E-state index is 13.0. The minimum absolute atomic E-state index is 0.110. The Morgan fingerprint density at radius 1 is 1.28 bits per heavy atom. The van der Waals surface area contributed by atoms with Crippen molar-refractivity contribution in [3.05, 3.63) is 35.7 Å². The number of ether oxygens (including phenoxy) is 2. The number of morpholine rings is 1. The molecule has 0 unspecified atom stereocenters. The number of carbonyl (C=O) groups excluding carboxylic acids is 1. The molecule has 1 amide bonds. The maximum Gasteiger partial charge on any atom is 0.224 e. The van der Waals surface area contributed by atoms with Crippen molar-refractivity contribution >= 4 is 5.91 Å². The lowest BCUT2D eigenvalue weighted by Crippen LogP contribution is -2.36. The lowest BCUT2D eigenvalue weighted by molar-refractivity contribution is -0.132. The van der Waals surface area contributed by atoms with E-state index in [0.717, 1.165) is 62.8 Å². The Labute approximate surface area is 170 Å². The lowest BCUT2D eigenvalue weighted by atomic mass is 10.0. The topological polar surface area (TPSA) is 85.6 Å². The fourth-order valence-corrected chi connectivity index (χ4v) is 4.08. The third kappa shape index (κ3) is 4.73. The number of hydrogen-bond donors (Lipinski definition) is 0. The normalized spacial score (nSPS) is 20.2. The summed E-state index contributed by atoms with van der Waals surface area (Å²) in [4.78, 5) is 17.2. The molecule has 0 spiro atoms. The van der Waals surface area contributed by atoms with E-state index in [2.05, 4.69) is 26.5 Å². The summed E-state index contributed by atoms with van der Waals surface area (Å²) in [6.45, 7) is 5.19. The van der Waals surface area contributed by atoms with Crippen molar-refractivity contribution in [3.8, 4) is 5.75 Å². The van der Waals surface area contributed by atoms with Gasteiger partial charge in [-0.05, 0) is 41.0 Å². The third-order valence-electron chi connectivity index (χ3n) is 5.66. The van der Waals surface area contributed by atoms with E-state index >= 15 is 0 Å². The Morgan fingerprint density at radius 2 is 2.14 bits per heavy atom. The van der Waals surface area contributed by atoms with Crippen LogP contribution in [0.5, 0.6) is 5.75 Å². The number of rotatable bonds is 7. The van der Waals surface area contributed by atoms with Crippen molar-refractivity contribution in [1.82, 2.24) is 30.0 Å². The predicted molar refractivity (Wildman–Crippen MR) is 105 cm³/mol. The summed E-state index contributed by atoms with van der Waals surface area (Å²) >= 11 is 0. The molecule has 1 atom stereocenters. The van der Waals surface area contributed by atoms with Gasteiger partial charge in [0.15, 0.2) is 5.82 Å². The Bertz CT molecular complexity index is 820. The van der Waals surface area contributed by atoms with Gasteiger partial charge >= 0.3 is 0 Å². The first kappa shape index (κ1) is 19.8. The van der Waals surface area contributed by atoms with Crippen LogP contribution in [0.4, 0.5) is 0 Å². The van der Waals surface area contributed by atoms with E-state index in [9.17, 15) is 4.79 Å². The van der Waals surface area contributed by atoms with Crippen LogP contribution < -0.4 is 4.74 Å². The Balaban J connectivity index is 1.36. The second-order valence-electron chi connectivity index (χ2n) is 7.48. The molecule has 1 aromatic carbocycles. The first-order chi connectivity index (χ1) is 14.2. The van der Waals surface area contributed by atoms with Crippen LogP contribution in [-0.4, -0.2) is 75.9 Å². The van der Waals surface area contributed by atoms with Gasteiger partial charge in [0, 0.05) is 26.1 Å². The number of aryl methyl sites for hydroxylation is 1. The number of likely N-dealkylation sites (tertiary alicyclic amines) is 1. The first-order valence-corrected chi connectivity index (χ1v) is 10.2. The molecule has 1 aromatic heterocycles. The molecule has 0 N–H and O–H groups in total. The monoisotopic (exact) mass is 400 g/mol. The van der Waals surface area contributed by atoms with Crippen LogP contribution in [0, 0.1) is 0 Å². The van der Waals surface area contributed by atoms with E-state index in [-0.39, 0.29) is 11.9 Å². The van der Waals surface area contributed by atoms with E-state index in [1.165, 1.54) is 0 Å². The molecule has 2 aliphatic heterocycles. The van der Waals surface area contributed by atoms with E-state index in [0.29, 0.717) is 19.5 Å². The fraction of sp³-hybridized carbons (Fsp3) is 0.600. The zero-order valence-electron chi connectivity index (χ0n) is 16.9. The van der Waals surface area contributed by atoms with Gasteiger partial charge in [-0.3, -0.25) is 9.69 Å². The molecule has 9 nitrogen and oxygen atoms in total. The van der Waals surface area contributed by atoms with Crippen LogP contribution in [0.2, 0.25) is 0 Å². The standard InChI is InChI=1S/C20H28N6O3/c1-28-17-5-2-4-16(14-17)18-6-3-8-25(18)20(27)7-9-26-19(21-22-23-26)15-24-10-12-29-13-11-24/h2,4-5,14,18H,3,6-13,15H2,1H3/t18-/m0/s1. The summed E-state index contributed by atoms with van der Waals surface area (Å²) < 4.78 is 12.5. The van der Waals surface area contributed by atoms with Crippen molar-refractivity contribution in [1.29, 1.82) is 0 Å². The van der Waals surface area contributed by atoms with Crippen LogP contribution in [0.25, 0.3) is 0 Å². The van der Waals surface area contributed by atoms with Crippen LogP contribution in [0.3, 0.4) is 0 Å². The van der Waals surface area contributed by atoms with Gasteiger partial charge in [-0.1, -0.05) is 12.1 Å². The third-order valence-corrected chi connectivity index (χ3v) is 5.66. The van der Waals surface area contributed by atoms with Gasteiger partial charge in [-0.15, -0.1) is 5.10 Å². The largest absolute Gasteiger partial charge is 0.497 e. The molecule has 0 radical (unpaired) electrons. The zero-order valence-corrected chi connectivity index (χ0v) is 16.9. The highest BCUT2D eigenvalue weighted by Crippen LogP contribution is 2.33. The lowest BCUT2D eigenvalue weighted by Gasteiger charge is -2.26. The highest BCUT2D eigenvalue weighted by Gasteiger charge is 2.30. The molecule has 0 saturated carbocycles. The average molecular weight is 400 g/mol. The quantitative estimate of drug-likeness (QED) is 0.692. The second-order valence-corrected chi connectivity index (χ2v) is 7.48. The molecular formula is C20H28N6O3. The number of methoxy groups -OCH3 is 1. The minimum atomic E-state index is 0.110. The highest BCUT2D eigenvalue weighted by atomic mass is 16.5. The number of aromatic nitrogens is 4. The van der Waals surface area contributed by atoms with Gasteiger partial charge in [-0.2, -0.15) is 0 Å². The molecule has 3 heterocycles. The number of carbonyl (C=O) groups is 1. The predicted octanol–water partition coefficient (Wildman–Crippen LogP) is 1.27. The SMILES string of the molecule is COc1cccc([C@@H]2CCCN2C(=O)CCn2nnnc2CN2CCOCC2)c1. The molecule has 29 heavy (non-hydrogen) atoms. The van der Waals surface area contributed by atoms with Crippen LogP contribution >= 0.6 is 0 Å². The molecule has 156 valence electrons. The van der Waals surface area contributed by atoms with E-state index in [1.54, 1.807) is 11.8 Å². The van der Waals surface area contributed by atoms with Gasteiger partial charge < -0.3 is 14.4 Å². The second kappa shape index (κ2) is 9.32. The van der Waals surface area contributed by atoms with Crippen molar-refractivity contribution in [3.63, 3.8) is 0 Å². The van der Waals surface area contributed by atoms with E-state index < -0.39 is 0 Å². The first-order valence-electron chi connectivity index (χ1n) is 10.2. The van der Waals surface area contributed by atoms with E-state index in [1.807, 2.05) is 23.1 Å². The van der Waals surface area contributed by atoms with Crippen LogP contribution in [-0.2, 0) is 22.6 Å². The van der Waals surface area contributed by atoms with Gasteiger partial charge in [0.25, 0.3) is 0 Å². The zero-order chi connectivity index (χ0) is 20.1. The molecule has 0 bridgehead atoms. The van der Waals surface area contributed by atoms with Crippen molar-refractivity contribution in [2.75, 3.05) is 40.0 Å².